The van der Waals surface area contributed by atoms with Crippen LogP contribution in [0.2, 0.25) is 0 Å². The maximum absolute atomic E-state index is 13.7. The second kappa shape index (κ2) is 14.8. The van der Waals surface area contributed by atoms with Crippen LogP contribution in [0.5, 0.6) is 0 Å². The Morgan fingerprint density at radius 3 is 2.16 bits per heavy atom. The van der Waals surface area contributed by atoms with E-state index in [1.54, 1.807) is 18.2 Å². The van der Waals surface area contributed by atoms with Crippen molar-refractivity contribution in [1.29, 1.82) is 0 Å². The first-order chi connectivity index (χ1) is 18.4. The number of aliphatic hydroxyl groups is 1. The zero-order valence-electron chi connectivity index (χ0n) is 23.4. The summed E-state index contributed by atoms with van der Waals surface area (Å²) in [7, 11) is 1.34. The van der Waals surface area contributed by atoms with Crippen LogP contribution in [0, 0.1) is 0 Å². The summed E-state index contributed by atoms with van der Waals surface area (Å²) in [5.41, 5.74) is 3.03. The van der Waals surface area contributed by atoms with E-state index >= 15 is 0 Å². The van der Waals surface area contributed by atoms with E-state index < -0.39 is 12.1 Å². The number of fused-ring (bicyclic) bond motifs is 1. The second-order valence-electron chi connectivity index (χ2n) is 10.1. The highest BCUT2D eigenvalue weighted by Crippen LogP contribution is 2.31. The van der Waals surface area contributed by atoms with E-state index in [4.69, 9.17) is 9.15 Å². The number of hydrogen-bond acceptors (Lipinski definition) is 6. The lowest BCUT2D eigenvalue weighted by molar-refractivity contribution is 0.0600. The molecular formula is C32H43NO5. The molecule has 0 aliphatic heterocycles. The lowest BCUT2D eigenvalue weighted by Gasteiger charge is -2.25. The molecule has 0 saturated carbocycles. The van der Waals surface area contributed by atoms with Gasteiger partial charge in [-0.1, -0.05) is 64.3 Å². The Balaban J connectivity index is 1.80. The molecule has 2 aromatic carbocycles. The number of carbonyl (C=O) groups is 2. The topological polar surface area (TPSA) is 80.0 Å². The van der Waals surface area contributed by atoms with Gasteiger partial charge in [0.05, 0.1) is 24.3 Å². The van der Waals surface area contributed by atoms with Crippen LogP contribution in [0.15, 0.2) is 46.9 Å². The second-order valence-corrected chi connectivity index (χ2v) is 10.1. The first-order valence-corrected chi connectivity index (χ1v) is 14.1. The van der Waals surface area contributed by atoms with Crippen LogP contribution in [0.4, 0.5) is 0 Å². The van der Waals surface area contributed by atoms with Crippen LogP contribution in [-0.4, -0.2) is 54.6 Å². The minimum Gasteiger partial charge on any atom is -0.465 e. The first-order valence-electron chi connectivity index (χ1n) is 14.1. The Bertz CT molecular complexity index is 1170. The van der Waals surface area contributed by atoms with Crippen LogP contribution in [-0.2, 0) is 17.6 Å². The Morgan fingerprint density at radius 1 is 0.921 bits per heavy atom. The summed E-state index contributed by atoms with van der Waals surface area (Å²) in [4.78, 5) is 28.2. The Kier molecular flexibility index (Phi) is 11.6. The molecule has 6 nitrogen and oxygen atoms in total. The Labute approximate surface area is 227 Å². The predicted molar refractivity (Wildman–Crippen MR) is 152 cm³/mol. The van der Waals surface area contributed by atoms with Gasteiger partial charge in [0.1, 0.15) is 11.3 Å². The number of ether oxygens (including phenoxy) is 1. The average Bonchev–Trinajstić information content (AvgIpc) is 3.30. The third kappa shape index (κ3) is 7.78. The highest BCUT2D eigenvalue weighted by Gasteiger charge is 2.23. The average molecular weight is 522 g/mol. The van der Waals surface area contributed by atoms with Gasteiger partial charge in [-0.2, -0.15) is 0 Å². The Hall–Kier alpha value is -2.96. The van der Waals surface area contributed by atoms with Crippen molar-refractivity contribution in [2.75, 3.05) is 26.7 Å². The van der Waals surface area contributed by atoms with E-state index in [2.05, 4.69) is 25.7 Å². The van der Waals surface area contributed by atoms with Crippen molar-refractivity contribution in [2.45, 2.75) is 78.2 Å². The molecule has 0 amide bonds. The fourth-order valence-electron chi connectivity index (χ4n) is 4.78. The van der Waals surface area contributed by atoms with Crippen LogP contribution in [0.25, 0.3) is 11.0 Å². The SMILES string of the molecule is CCCCc1oc2ccc(C(=O)OC)cc2c1C(=O)c1ccc(CC(O)CN(CCCC)CCCC)cc1. The van der Waals surface area contributed by atoms with Gasteiger partial charge in [0.15, 0.2) is 5.78 Å². The van der Waals surface area contributed by atoms with Crippen LogP contribution in [0.3, 0.4) is 0 Å². The van der Waals surface area contributed by atoms with Crippen molar-refractivity contribution in [2.24, 2.45) is 0 Å². The zero-order chi connectivity index (χ0) is 27.5. The number of benzene rings is 2. The molecule has 0 spiro atoms. The van der Waals surface area contributed by atoms with E-state index in [1.165, 1.54) is 7.11 Å². The number of rotatable bonds is 16. The third-order valence-electron chi connectivity index (χ3n) is 6.98. The molecule has 3 aromatic rings. The molecule has 6 heteroatoms. The van der Waals surface area contributed by atoms with E-state index in [0.717, 1.165) is 57.2 Å². The molecule has 0 aliphatic carbocycles. The molecule has 0 aliphatic rings. The van der Waals surface area contributed by atoms with Gasteiger partial charge in [0.25, 0.3) is 0 Å². The molecule has 206 valence electrons. The van der Waals surface area contributed by atoms with Gasteiger partial charge in [0.2, 0.25) is 0 Å². The number of esters is 1. The number of ketones is 1. The van der Waals surface area contributed by atoms with Gasteiger partial charge in [-0.05, 0) is 62.5 Å². The number of methoxy groups -OCH3 is 1. The summed E-state index contributed by atoms with van der Waals surface area (Å²) < 4.78 is 10.9. The highest BCUT2D eigenvalue weighted by molar-refractivity contribution is 6.17. The van der Waals surface area contributed by atoms with Crippen molar-refractivity contribution in [3.63, 3.8) is 0 Å². The van der Waals surface area contributed by atoms with E-state index in [9.17, 15) is 14.7 Å². The van der Waals surface area contributed by atoms with Crippen molar-refractivity contribution >= 4 is 22.7 Å². The third-order valence-corrected chi connectivity index (χ3v) is 6.98. The molecule has 0 radical (unpaired) electrons. The summed E-state index contributed by atoms with van der Waals surface area (Å²) >= 11 is 0. The molecular weight excluding hydrogens is 478 g/mol. The lowest BCUT2D eigenvalue weighted by Crippen LogP contribution is -2.35. The fraction of sp³-hybridized carbons (Fsp3) is 0.500. The molecule has 1 heterocycles. The number of furan rings is 1. The molecule has 0 bridgehead atoms. The minimum absolute atomic E-state index is 0.130. The van der Waals surface area contributed by atoms with E-state index in [1.807, 2.05) is 24.3 Å². The summed E-state index contributed by atoms with van der Waals surface area (Å²) in [5, 5.41) is 11.4. The van der Waals surface area contributed by atoms with Crippen LogP contribution < -0.4 is 0 Å². The summed E-state index contributed by atoms with van der Waals surface area (Å²) in [6.07, 6.45) is 7.17. The number of nitrogens with zero attached hydrogens (tertiary/aromatic N) is 1. The van der Waals surface area contributed by atoms with Crippen molar-refractivity contribution in [3.05, 3.63) is 70.5 Å². The van der Waals surface area contributed by atoms with Gasteiger partial charge in [0, 0.05) is 23.9 Å². The van der Waals surface area contributed by atoms with Crippen molar-refractivity contribution in [1.82, 2.24) is 4.90 Å². The molecule has 0 fully saturated rings. The molecule has 0 saturated heterocycles. The zero-order valence-corrected chi connectivity index (χ0v) is 23.4. The highest BCUT2D eigenvalue weighted by atomic mass is 16.5. The largest absolute Gasteiger partial charge is 0.465 e. The standard InChI is InChI=1S/C32H43NO5/c1-5-8-11-29-30(27-21-25(32(36)37-4)16-17-28(27)38-29)31(35)24-14-12-23(13-15-24)20-26(34)22-33(18-9-6-2)19-10-7-3/h12-17,21,26,34H,5-11,18-20,22H2,1-4H3. The van der Waals surface area contributed by atoms with Crippen LogP contribution >= 0.6 is 0 Å². The number of aliphatic hydroxyl groups excluding tert-OH is 1. The molecule has 1 aromatic heterocycles. The van der Waals surface area contributed by atoms with E-state index in [-0.39, 0.29) is 5.78 Å². The van der Waals surface area contributed by atoms with Crippen molar-refractivity contribution < 1.29 is 23.8 Å². The molecule has 1 N–H and O–H groups in total. The van der Waals surface area contributed by atoms with Gasteiger partial charge >= 0.3 is 5.97 Å². The maximum atomic E-state index is 13.7. The molecule has 38 heavy (non-hydrogen) atoms. The van der Waals surface area contributed by atoms with E-state index in [0.29, 0.717) is 52.8 Å². The van der Waals surface area contributed by atoms with Gasteiger partial charge in [-0.15, -0.1) is 0 Å². The normalized spacial score (nSPS) is 12.3. The smallest absolute Gasteiger partial charge is 0.337 e. The number of aryl methyl sites for hydroxylation is 1. The lowest BCUT2D eigenvalue weighted by atomic mass is 9.96. The number of carbonyl (C=O) groups excluding carboxylic acids is 2. The van der Waals surface area contributed by atoms with Gasteiger partial charge in [-0.25, -0.2) is 4.79 Å². The maximum Gasteiger partial charge on any atom is 0.337 e. The van der Waals surface area contributed by atoms with Crippen LogP contribution in [0.1, 0.15) is 96.9 Å². The number of unbranched alkanes of at least 4 members (excludes halogenated alkanes) is 3. The van der Waals surface area contributed by atoms with Gasteiger partial charge < -0.3 is 19.2 Å². The number of hydrogen-bond donors (Lipinski definition) is 1. The summed E-state index contributed by atoms with van der Waals surface area (Å²) in [6, 6.07) is 12.6. The first kappa shape index (κ1) is 29.6. The molecule has 1 atom stereocenters. The molecule has 1 unspecified atom stereocenters. The summed E-state index contributed by atoms with van der Waals surface area (Å²) in [5.74, 6) is 0.0642. The van der Waals surface area contributed by atoms with Gasteiger partial charge in [-0.3, -0.25) is 4.79 Å². The van der Waals surface area contributed by atoms with Crippen molar-refractivity contribution in [3.8, 4) is 0 Å². The molecule has 3 rings (SSSR count). The monoisotopic (exact) mass is 521 g/mol. The predicted octanol–water partition coefficient (Wildman–Crippen LogP) is 6.60. The minimum atomic E-state index is -0.458. The Morgan fingerprint density at radius 2 is 1.55 bits per heavy atom. The summed E-state index contributed by atoms with van der Waals surface area (Å²) in [6.45, 7) is 9.16. The quantitative estimate of drug-likeness (QED) is 0.169. The fourth-order valence-corrected chi connectivity index (χ4v) is 4.78.